The van der Waals surface area contributed by atoms with Crippen LogP contribution in [0.1, 0.15) is 31.0 Å². The van der Waals surface area contributed by atoms with E-state index in [1.807, 2.05) is 7.05 Å². The van der Waals surface area contributed by atoms with Crippen LogP contribution in [0.5, 0.6) is 0 Å². The van der Waals surface area contributed by atoms with E-state index in [-0.39, 0.29) is 0 Å². The molecule has 0 fully saturated rings. The van der Waals surface area contributed by atoms with Gasteiger partial charge in [-0.1, -0.05) is 38.1 Å². The number of rotatable bonds is 4. The number of nitrogens with zero attached hydrogens (tertiary/aromatic N) is 1. The van der Waals surface area contributed by atoms with E-state index in [9.17, 15) is 0 Å². The van der Waals surface area contributed by atoms with Crippen LogP contribution >= 0.6 is 0 Å². The summed E-state index contributed by atoms with van der Waals surface area (Å²) in [7, 11) is 1.94. The zero-order chi connectivity index (χ0) is 12.3. The van der Waals surface area contributed by atoms with E-state index in [1.54, 1.807) is 6.33 Å². The second-order valence-corrected chi connectivity index (χ2v) is 4.54. The quantitative estimate of drug-likeness (QED) is 0.846. The van der Waals surface area contributed by atoms with Crippen LogP contribution in [0.25, 0.3) is 11.3 Å². The molecule has 0 bridgehead atoms. The van der Waals surface area contributed by atoms with Gasteiger partial charge < -0.3 is 10.3 Å². The molecule has 0 radical (unpaired) electrons. The molecule has 0 amide bonds. The first-order valence-corrected chi connectivity index (χ1v) is 5.99. The van der Waals surface area contributed by atoms with Gasteiger partial charge in [0.2, 0.25) is 0 Å². The average Bonchev–Trinajstić information content (AvgIpc) is 2.78. The molecule has 3 heteroatoms. The van der Waals surface area contributed by atoms with Gasteiger partial charge in [0, 0.05) is 12.1 Å². The van der Waals surface area contributed by atoms with Crippen LogP contribution in [0.4, 0.5) is 0 Å². The average molecular weight is 229 g/mol. The molecule has 2 rings (SSSR count). The normalized spacial score (nSPS) is 11.1. The highest BCUT2D eigenvalue weighted by molar-refractivity contribution is 5.62. The Balaban J connectivity index is 2.30. The fraction of sp³-hybridized carbons (Fsp3) is 0.357. The second kappa shape index (κ2) is 5.15. The third kappa shape index (κ3) is 2.56. The maximum absolute atomic E-state index is 4.38. The highest BCUT2D eigenvalue weighted by Crippen LogP contribution is 2.23. The molecule has 3 nitrogen and oxygen atoms in total. The summed E-state index contributed by atoms with van der Waals surface area (Å²) >= 11 is 0. The zero-order valence-electron chi connectivity index (χ0n) is 10.6. The Hall–Kier alpha value is -1.61. The minimum atomic E-state index is 0.569. The molecule has 2 N–H and O–H groups in total. The molecule has 0 saturated carbocycles. The number of H-pyrrole nitrogens is 1. The van der Waals surface area contributed by atoms with E-state index in [4.69, 9.17) is 0 Å². The molecule has 17 heavy (non-hydrogen) atoms. The van der Waals surface area contributed by atoms with Crippen molar-refractivity contribution in [2.45, 2.75) is 26.3 Å². The lowest BCUT2D eigenvalue weighted by Gasteiger charge is -2.07. The summed E-state index contributed by atoms with van der Waals surface area (Å²) in [5.41, 5.74) is 4.69. The first kappa shape index (κ1) is 11.9. The van der Waals surface area contributed by atoms with Crippen molar-refractivity contribution in [2.24, 2.45) is 0 Å². The lowest BCUT2D eigenvalue weighted by Crippen LogP contribution is -2.06. The molecule has 0 aliphatic rings. The molecular formula is C14H19N3. The minimum absolute atomic E-state index is 0.569. The number of hydrogen-bond acceptors (Lipinski definition) is 2. The summed E-state index contributed by atoms with van der Waals surface area (Å²) < 4.78 is 0. The van der Waals surface area contributed by atoms with Crippen LogP contribution in [-0.2, 0) is 6.54 Å². The molecule has 0 spiro atoms. The molecule has 90 valence electrons. The Morgan fingerprint density at radius 2 is 1.94 bits per heavy atom. The van der Waals surface area contributed by atoms with Crippen LogP contribution < -0.4 is 5.32 Å². The molecule has 0 unspecified atom stereocenters. The summed E-state index contributed by atoms with van der Waals surface area (Å²) in [4.78, 5) is 7.55. The van der Waals surface area contributed by atoms with Crippen LogP contribution in [0.15, 0.2) is 30.6 Å². The highest BCUT2D eigenvalue weighted by atomic mass is 14.9. The maximum Gasteiger partial charge on any atom is 0.0929 e. The molecule has 1 aromatic carbocycles. The van der Waals surface area contributed by atoms with Crippen LogP contribution in [0.2, 0.25) is 0 Å². The molecule has 1 aromatic heterocycles. The van der Waals surface area contributed by atoms with Crippen molar-refractivity contribution < 1.29 is 0 Å². The Morgan fingerprint density at radius 3 is 2.53 bits per heavy atom. The van der Waals surface area contributed by atoms with E-state index in [2.05, 4.69) is 53.4 Å². The Kier molecular flexibility index (Phi) is 3.59. The molecular weight excluding hydrogens is 210 g/mol. The smallest absolute Gasteiger partial charge is 0.0929 e. The monoisotopic (exact) mass is 229 g/mol. The summed E-state index contributed by atoms with van der Waals surface area (Å²) in [6.45, 7) is 5.22. The minimum Gasteiger partial charge on any atom is -0.347 e. The Morgan fingerprint density at radius 1 is 1.24 bits per heavy atom. The van der Waals surface area contributed by atoms with Gasteiger partial charge in [-0.2, -0.15) is 0 Å². The summed E-state index contributed by atoms with van der Waals surface area (Å²) in [5.74, 6) is 0.569. The Bertz CT molecular complexity index is 468. The summed E-state index contributed by atoms with van der Waals surface area (Å²) in [6, 6.07) is 8.64. The van der Waals surface area contributed by atoms with E-state index in [0.29, 0.717) is 5.92 Å². The van der Waals surface area contributed by atoms with Gasteiger partial charge in [0.25, 0.3) is 0 Å². The van der Waals surface area contributed by atoms with Crippen molar-refractivity contribution in [3.8, 4) is 11.3 Å². The lowest BCUT2D eigenvalue weighted by molar-refractivity contribution is 0.798. The fourth-order valence-electron chi connectivity index (χ4n) is 1.91. The third-order valence-corrected chi connectivity index (χ3v) is 2.92. The topological polar surface area (TPSA) is 40.7 Å². The molecule has 0 atom stereocenters. The van der Waals surface area contributed by atoms with Crippen molar-refractivity contribution in [3.05, 3.63) is 41.9 Å². The first-order chi connectivity index (χ1) is 8.22. The van der Waals surface area contributed by atoms with Gasteiger partial charge >= 0.3 is 0 Å². The van der Waals surface area contributed by atoms with Crippen LogP contribution in [0, 0.1) is 0 Å². The van der Waals surface area contributed by atoms with Gasteiger partial charge in [0.1, 0.15) is 0 Å². The molecule has 0 saturated heterocycles. The van der Waals surface area contributed by atoms with Crippen LogP contribution in [0.3, 0.4) is 0 Å². The zero-order valence-corrected chi connectivity index (χ0v) is 10.6. The summed E-state index contributed by atoms with van der Waals surface area (Å²) in [6.07, 6.45) is 1.75. The molecule has 0 aliphatic carbocycles. The Labute approximate surface area is 102 Å². The molecule has 2 aromatic rings. The van der Waals surface area contributed by atoms with Crippen molar-refractivity contribution in [3.63, 3.8) is 0 Å². The number of hydrogen-bond donors (Lipinski definition) is 2. The van der Waals surface area contributed by atoms with Gasteiger partial charge in [-0.25, -0.2) is 4.98 Å². The van der Waals surface area contributed by atoms with E-state index in [0.717, 1.165) is 17.9 Å². The number of aromatic nitrogens is 2. The highest BCUT2D eigenvalue weighted by Gasteiger charge is 2.07. The first-order valence-electron chi connectivity index (χ1n) is 5.99. The van der Waals surface area contributed by atoms with Gasteiger partial charge in [-0.05, 0) is 18.5 Å². The van der Waals surface area contributed by atoms with Gasteiger partial charge in [-0.3, -0.25) is 0 Å². The maximum atomic E-state index is 4.38. The number of benzene rings is 1. The van der Waals surface area contributed by atoms with Gasteiger partial charge in [0.05, 0.1) is 17.7 Å². The van der Waals surface area contributed by atoms with Crippen molar-refractivity contribution >= 4 is 0 Å². The summed E-state index contributed by atoms with van der Waals surface area (Å²) in [5, 5.41) is 3.14. The third-order valence-electron chi connectivity index (χ3n) is 2.92. The van der Waals surface area contributed by atoms with Crippen molar-refractivity contribution in [1.29, 1.82) is 0 Å². The second-order valence-electron chi connectivity index (χ2n) is 4.54. The van der Waals surface area contributed by atoms with E-state index >= 15 is 0 Å². The standard InChI is InChI=1S/C14H19N3/c1-10(2)11-4-6-12(7-5-11)14-13(8-15-3)16-9-17-14/h4-7,9-10,15H,8H2,1-3H3,(H,16,17). The fourth-order valence-corrected chi connectivity index (χ4v) is 1.91. The number of aromatic amines is 1. The van der Waals surface area contributed by atoms with Crippen LogP contribution in [-0.4, -0.2) is 17.0 Å². The lowest BCUT2D eigenvalue weighted by atomic mass is 10.0. The van der Waals surface area contributed by atoms with Crippen molar-refractivity contribution in [1.82, 2.24) is 15.3 Å². The predicted octanol–water partition coefficient (Wildman–Crippen LogP) is 2.92. The number of imidazole rings is 1. The largest absolute Gasteiger partial charge is 0.347 e. The van der Waals surface area contributed by atoms with Gasteiger partial charge in [0.15, 0.2) is 0 Å². The van der Waals surface area contributed by atoms with Gasteiger partial charge in [-0.15, -0.1) is 0 Å². The van der Waals surface area contributed by atoms with Crippen molar-refractivity contribution in [2.75, 3.05) is 7.05 Å². The molecule has 1 heterocycles. The predicted molar refractivity (Wildman–Crippen MR) is 70.9 cm³/mol. The van der Waals surface area contributed by atoms with E-state index in [1.165, 1.54) is 11.1 Å². The molecule has 0 aliphatic heterocycles. The number of nitrogens with one attached hydrogen (secondary N) is 2. The van der Waals surface area contributed by atoms with E-state index < -0.39 is 0 Å². The SMILES string of the molecule is CNCc1[nH]cnc1-c1ccc(C(C)C)cc1.